The molecular weight excluding hydrogens is 470 g/mol. The minimum absolute atomic E-state index is 0. The van der Waals surface area contributed by atoms with Crippen LogP contribution in [-0.4, -0.2) is 19.9 Å². The summed E-state index contributed by atoms with van der Waals surface area (Å²) in [5, 5.41) is 0. The largest absolute Gasteiger partial charge is 0.355 e. The van der Waals surface area contributed by atoms with Crippen LogP contribution in [0.3, 0.4) is 0 Å². The number of benzene rings is 1. The third-order valence-corrected chi connectivity index (χ3v) is 6.11. The summed E-state index contributed by atoms with van der Waals surface area (Å²) in [7, 11) is 0. The average molecular weight is 494 g/mol. The Hall–Kier alpha value is -3.56. The van der Waals surface area contributed by atoms with Gasteiger partial charge in [0.2, 0.25) is 0 Å². The molecule has 34 heavy (non-hydrogen) atoms. The maximum Gasteiger partial charge on any atom is 0.0736 e. The summed E-state index contributed by atoms with van der Waals surface area (Å²) in [6.07, 6.45) is 6.27. The van der Waals surface area contributed by atoms with Crippen LogP contribution in [0.25, 0.3) is 45.9 Å². The molecule has 0 aliphatic carbocycles. The van der Waals surface area contributed by atoms with Gasteiger partial charge in [-0.3, -0.25) is 0 Å². The van der Waals surface area contributed by atoms with E-state index in [1.165, 1.54) is 22.3 Å². The molecule has 8 bridgehead atoms. The molecular formula is C29H24N4Zn. The van der Waals surface area contributed by atoms with E-state index in [4.69, 9.17) is 9.97 Å². The van der Waals surface area contributed by atoms with Gasteiger partial charge in [0.15, 0.2) is 0 Å². The summed E-state index contributed by atoms with van der Waals surface area (Å²) in [6.45, 7) is 6.51. The van der Waals surface area contributed by atoms with Crippen molar-refractivity contribution < 1.29 is 19.5 Å². The third-order valence-electron chi connectivity index (χ3n) is 6.11. The second-order valence-electron chi connectivity index (χ2n) is 8.86. The number of nitrogens with one attached hydrogen (secondary N) is 2. The molecule has 162 valence electrons. The van der Waals surface area contributed by atoms with E-state index >= 15 is 0 Å². The number of nitrogens with zero attached hydrogens (tertiary/aromatic N) is 2. The Balaban J connectivity index is 0.00000241. The van der Waals surface area contributed by atoms with E-state index in [2.05, 4.69) is 97.5 Å². The van der Waals surface area contributed by atoms with Gasteiger partial charge in [0.25, 0.3) is 0 Å². The molecule has 2 aliphatic rings. The van der Waals surface area contributed by atoms with Gasteiger partial charge in [-0.15, -0.1) is 0 Å². The predicted molar refractivity (Wildman–Crippen MR) is 138 cm³/mol. The molecule has 2 aliphatic heterocycles. The molecule has 5 heteroatoms. The molecule has 4 aromatic rings. The summed E-state index contributed by atoms with van der Waals surface area (Å²) < 4.78 is 0. The van der Waals surface area contributed by atoms with Crippen LogP contribution in [0.5, 0.6) is 0 Å². The topological polar surface area (TPSA) is 57.4 Å². The van der Waals surface area contributed by atoms with Crippen LogP contribution in [0.4, 0.5) is 0 Å². The molecule has 0 unspecified atom stereocenters. The van der Waals surface area contributed by atoms with Crippen LogP contribution in [-0.2, 0) is 19.5 Å². The van der Waals surface area contributed by atoms with Gasteiger partial charge in [-0.1, -0.05) is 17.7 Å². The first-order chi connectivity index (χ1) is 16.0. The van der Waals surface area contributed by atoms with Gasteiger partial charge < -0.3 is 9.97 Å². The fourth-order valence-electron chi connectivity index (χ4n) is 4.82. The number of rotatable bonds is 1. The second kappa shape index (κ2) is 8.66. The van der Waals surface area contributed by atoms with Gasteiger partial charge in [-0.2, -0.15) is 0 Å². The van der Waals surface area contributed by atoms with Gasteiger partial charge in [0.05, 0.1) is 22.8 Å². The van der Waals surface area contributed by atoms with Crippen molar-refractivity contribution in [3.63, 3.8) is 0 Å². The number of H-pyrrole nitrogens is 2. The summed E-state index contributed by atoms with van der Waals surface area (Å²) >= 11 is 0. The maximum atomic E-state index is 5.02. The van der Waals surface area contributed by atoms with Crippen LogP contribution >= 0.6 is 0 Å². The second-order valence-corrected chi connectivity index (χ2v) is 8.86. The Morgan fingerprint density at radius 1 is 0.588 bits per heavy atom. The van der Waals surface area contributed by atoms with Crippen LogP contribution in [0.2, 0.25) is 0 Å². The first kappa shape index (κ1) is 22.2. The van der Waals surface area contributed by atoms with Gasteiger partial charge in [0, 0.05) is 47.1 Å². The van der Waals surface area contributed by atoms with Crippen LogP contribution < -0.4 is 0 Å². The molecule has 5 heterocycles. The third kappa shape index (κ3) is 4.20. The fourth-order valence-corrected chi connectivity index (χ4v) is 4.82. The molecule has 0 spiro atoms. The monoisotopic (exact) mass is 492 g/mol. The molecule has 6 rings (SSSR count). The fraction of sp³-hybridized carbons (Fsp3) is 0.103. The molecule has 0 saturated carbocycles. The molecule has 0 radical (unpaired) electrons. The van der Waals surface area contributed by atoms with Crippen molar-refractivity contribution in [3.05, 3.63) is 106 Å². The zero-order chi connectivity index (χ0) is 22.5. The SMILES string of the molecule is Cc1cc(C)c(C2=Cc3cc4ccc(cc5nc(cc6ccc(cc2n3)[nH]6)C=C5)[nH]4)c(C)c1.[Zn]. The average Bonchev–Trinajstić information content (AvgIpc) is 3.53. The van der Waals surface area contributed by atoms with Crippen molar-refractivity contribution in [2.45, 2.75) is 20.8 Å². The number of aryl methyl sites for hydroxylation is 3. The van der Waals surface area contributed by atoms with E-state index in [9.17, 15) is 0 Å². The van der Waals surface area contributed by atoms with Crippen molar-refractivity contribution in [1.82, 2.24) is 19.9 Å². The minimum atomic E-state index is 0. The minimum Gasteiger partial charge on any atom is -0.355 e. The quantitative estimate of drug-likeness (QED) is 0.242. The van der Waals surface area contributed by atoms with Crippen LogP contribution in [0, 0.1) is 20.8 Å². The molecule has 1 aromatic carbocycles. The van der Waals surface area contributed by atoms with Crippen LogP contribution in [0.1, 0.15) is 45.0 Å². The van der Waals surface area contributed by atoms with E-state index in [1.807, 2.05) is 12.2 Å². The summed E-state index contributed by atoms with van der Waals surface area (Å²) in [5.74, 6) is 0. The van der Waals surface area contributed by atoms with Crippen LogP contribution in [0.15, 0.2) is 60.7 Å². The number of aromatic amines is 2. The molecule has 0 fully saturated rings. The Labute approximate surface area is 211 Å². The molecule has 0 atom stereocenters. The number of fused-ring (bicyclic) bond motifs is 8. The first-order valence-electron chi connectivity index (χ1n) is 11.2. The van der Waals surface area contributed by atoms with E-state index < -0.39 is 0 Å². The Kier molecular flexibility index (Phi) is 5.67. The zero-order valence-electron chi connectivity index (χ0n) is 19.6. The summed E-state index contributed by atoms with van der Waals surface area (Å²) in [6, 6.07) is 21.2. The normalized spacial score (nSPS) is 12.4. The standard InChI is InChI=1S/C29H24N4.Zn/c1-17-10-18(2)29(19(3)11-17)27-15-26-14-24-7-6-22(31-24)12-20-4-5-21(30-20)13-23-8-9-25(32-23)16-28(27)33-26;/h4-16,31-32H,1-3H3;. The van der Waals surface area contributed by atoms with Gasteiger partial charge in [0.1, 0.15) is 0 Å². The number of aromatic nitrogens is 4. The van der Waals surface area contributed by atoms with Crippen molar-refractivity contribution in [2.24, 2.45) is 0 Å². The maximum absolute atomic E-state index is 5.02. The van der Waals surface area contributed by atoms with Gasteiger partial charge in [-0.05, 0) is 104 Å². The van der Waals surface area contributed by atoms with E-state index in [0.29, 0.717) is 0 Å². The Morgan fingerprint density at radius 3 is 1.65 bits per heavy atom. The van der Waals surface area contributed by atoms with Crippen molar-refractivity contribution in [3.8, 4) is 0 Å². The van der Waals surface area contributed by atoms with Gasteiger partial charge in [-0.25, -0.2) is 9.97 Å². The van der Waals surface area contributed by atoms with Crippen molar-refractivity contribution in [2.75, 3.05) is 0 Å². The molecule has 4 nitrogen and oxygen atoms in total. The first-order valence-corrected chi connectivity index (χ1v) is 11.2. The number of hydrogen-bond donors (Lipinski definition) is 2. The zero-order valence-corrected chi connectivity index (χ0v) is 22.6. The molecule has 2 N–H and O–H groups in total. The van der Waals surface area contributed by atoms with E-state index in [1.54, 1.807) is 0 Å². The molecule has 3 aromatic heterocycles. The Bertz CT molecular complexity index is 1630. The van der Waals surface area contributed by atoms with Crippen molar-refractivity contribution >= 4 is 45.9 Å². The van der Waals surface area contributed by atoms with E-state index in [-0.39, 0.29) is 19.5 Å². The van der Waals surface area contributed by atoms with Gasteiger partial charge >= 0.3 is 0 Å². The van der Waals surface area contributed by atoms with E-state index in [0.717, 1.165) is 50.4 Å². The smallest absolute Gasteiger partial charge is 0.0736 e. The Morgan fingerprint density at radius 2 is 1.09 bits per heavy atom. The summed E-state index contributed by atoms with van der Waals surface area (Å²) in [5.41, 5.74) is 14.0. The number of hydrogen-bond acceptors (Lipinski definition) is 2. The van der Waals surface area contributed by atoms with Crippen molar-refractivity contribution in [1.29, 1.82) is 0 Å². The molecule has 0 amide bonds. The molecule has 0 saturated heterocycles. The predicted octanol–water partition coefficient (Wildman–Crippen LogP) is 7.00. The summed E-state index contributed by atoms with van der Waals surface area (Å²) in [4.78, 5) is 16.7.